The van der Waals surface area contributed by atoms with Crippen molar-refractivity contribution < 1.29 is 4.79 Å². The van der Waals surface area contributed by atoms with Crippen LogP contribution < -0.4 is 5.30 Å². The molecule has 1 aromatic rings. The molecule has 0 bridgehead atoms. The highest BCUT2D eigenvalue weighted by Crippen LogP contribution is 2.24. The van der Waals surface area contributed by atoms with E-state index in [4.69, 9.17) is 0 Å². The Balaban J connectivity index is 2.49. The molecule has 0 N–H and O–H groups in total. The summed E-state index contributed by atoms with van der Waals surface area (Å²) in [5.74, 6) is 0.276. The van der Waals surface area contributed by atoms with E-state index in [1.54, 1.807) is 0 Å². The molecule has 0 fully saturated rings. The van der Waals surface area contributed by atoms with Crippen LogP contribution in [0.2, 0.25) is 0 Å². The number of rotatable bonds is 7. The summed E-state index contributed by atoms with van der Waals surface area (Å²) < 4.78 is 0. The quantitative estimate of drug-likeness (QED) is 0.659. The molecule has 0 radical (unpaired) electrons. The van der Waals surface area contributed by atoms with Gasteiger partial charge in [-0.15, -0.1) is 0 Å². The molecule has 88 valence electrons. The zero-order chi connectivity index (χ0) is 11.8. The van der Waals surface area contributed by atoms with E-state index in [-0.39, 0.29) is 5.92 Å². The lowest BCUT2D eigenvalue weighted by Gasteiger charge is -2.12. The number of benzene rings is 1. The lowest BCUT2D eigenvalue weighted by Crippen LogP contribution is -2.11. The van der Waals surface area contributed by atoms with E-state index in [9.17, 15) is 4.79 Å². The second-order valence-electron chi connectivity index (χ2n) is 4.10. The summed E-state index contributed by atoms with van der Waals surface area (Å²) in [4.78, 5) is 12.1. The highest BCUT2D eigenvalue weighted by Gasteiger charge is 2.15. The predicted octanol–water partition coefficient (Wildman–Crippen LogP) is 3.73. The Morgan fingerprint density at radius 1 is 1.25 bits per heavy atom. The highest BCUT2D eigenvalue weighted by molar-refractivity contribution is 7.65. The number of carbonyl (C=O) groups is 1. The minimum absolute atomic E-state index is 0.276. The fourth-order valence-corrected chi connectivity index (χ4v) is 2.93. The topological polar surface area (TPSA) is 17.1 Å². The summed E-state index contributed by atoms with van der Waals surface area (Å²) in [6, 6.07) is 10.1. The molecule has 2 heteroatoms. The van der Waals surface area contributed by atoms with Gasteiger partial charge < -0.3 is 0 Å². The maximum atomic E-state index is 12.1. The van der Waals surface area contributed by atoms with Crippen LogP contribution in [0.4, 0.5) is 0 Å². The summed E-state index contributed by atoms with van der Waals surface area (Å²) in [6.45, 7) is 4.30. The van der Waals surface area contributed by atoms with Crippen LogP contribution in [-0.4, -0.2) is 5.52 Å². The largest absolute Gasteiger partial charge is 0.294 e. The summed E-state index contributed by atoms with van der Waals surface area (Å²) in [7, 11) is 0.338. The van der Waals surface area contributed by atoms with Crippen molar-refractivity contribution in [2.75, 3.05) is 0 Å². The lowest BCUT2D eigenvalue weighted by molar-refractivity contribution is -0.114. The predicted molar refractivity (Wildman–Crippen MR) is 72.7 cm³/mol. The van der Waals surface area contributed by atoms with Gasteiger partial charge in [-0.25, -0.2) is 0 Å². The van der Waals surface area contributed by atoms with E-state index in [1.165, 1.54) is 18.1 Å². The van der Waals surface area contributed by atoms with Crippen LogP contribution in [0.3, 0.4) is 0 Å². The van der Waals surface area contributed by atoms with Gasteiger partial charge in [0.15, 0.2) is 5.52 Å². The van der Waals surface area contributed by atoms with Crippen molar-refractivity contribution >= 4 is 19.4 Å². The van der Waals surface area contributed by atoms with Gasteiger partial charge in [0.1, 0.15) is 0 Å². The van der Waals surface area contributed by atoms with Crippen molar-refractivity contribution in [3.8, 4) is 0 Å². The second kappa shape index (κ2) is 7.57. The van der Waals surface area contributed by atoms with E-state index in [0.29, 0.717) is 14.1 Å². The molecular weight excluding hydrogens is 215 g/mol. The van der Waals surface area contributed by atoms with Crippen molar-refractivity contribution in [3.05, 3.63) is 30.3 Å². The molecule has 0 aliphatic rings. The Bertz CT molecular complexity index is 308. The molecule has 16 heavy (non-hydrogen) atoms. The lowest BCUT2D eigenvalue weighted by atomic mass is 10.0. The van der Waals surface area contributed by atoms with Crippen molar-refractivity contribution in [3.63, 3.8) is 0 Å². The van der Waals surface area contributed by atoms with Crippen LogP contribution in [0.15, 0.2) is 30.3 Å². The summed E-state index contributed by atoms with van der Waals surface area (Å²) in [6.07, 6.45) is 4.39. The first-order chi connectivity index (χ1) is 7.77. The van der Waals surface area contributed by atoms with Gasteiger partial charge in [-0.05, 0) is 26.7 Å². The van der Waals surface area contributed by atoms with Crippen LogP contribution in [0, 0.1) is 5.92 Å². The molecule has 0 aliphatic carbocycles. The van der Waals surface area contributed by atoms with E-state index in [2.05, 4.69) is 13.8 Å². The van der Waals surface area contributed by atoms with Crippen molar-refractivity contribution in [1.29, 1.82) is 0 Å². The third kappa shape index (κ3) is 4.45. The Morgan fingerprint density at radius 2 is 1.94 bits per heavy atom. The van der Waals surface area contributed by atoms with E-state index in [1.807, 2.05) is 30.3 Å². The summed E-state index contributed by atoms with van der Waals surface area (Å²) >= 11 is 0. The van der Waals surface area contributed by atoms with Gasteiger partial charge in [-0.3, -0.25) is 4.79 Å². The van der Waals surface area contributed by atoms with Crippen LogP contribution in [0.25, 0.3) is 0 Å². The van der Waals surface area contributed by atoms with E-state index in [0.717, 1.165) is 12.8 Å². The van der Waals surface area contributed by atoms with Gasteiger partial charge in [0.2, 0.25) is 0 Å². The van der Waals surface area contributed by atoms with E-state index >= 15 is 0 Å². The molecule has 0 saturated carbocycles. The highest BCUT2D eigenvalue weighted by atomic mass is 31.1. The van der Waals surface area contributed by atoms with Crippen molar-refractivity contribution in [1.82, 2.24) is 0 Å². The molecule has 1 nitrogen and oxygen atoms in total. The summed E-state index contributed by atoms with van der Waals surface area (Å²) in [5, 5.41) is 1.17. The third-order valence-corrected chi connectivity index (χ3v) is 4.09. The van der Waals surface area contributed by atoms with Gasteiger partial charge in [0.25, 0.3) is 0 Å². The Kier molecular flexibility index (Phi) is 6.33. The Morgan fingerprint density at radius 3 is 2.50 bits per heavy atom. The zero-order valence-corrected chi connectivity index (χ0v) is 11.2. The molecule has 0 aromatic heterocycles. The number of hydrogen-bond donors (Lipinski definition) is 0. The van der Waals surface area contributed by atoms with Gasteiger partial charge >= 0.3 is 0 Å². The fourth-order valence-electron chi connectivity index (χ4n) is 1.74. The van der Waals surface area contributed by atoms with Crippen molar-refractivity contribution in [2.45, 2.75) is 39.5 Å². The fraction of sp³-hybridized carbons (Fsp3) is 0.500. The van der Waals surface area contributed by atoms with Gasteiger partial charge in [-0.2, -0.15) is 0 Å². The monoisotopic (exact) mass is 236 g/mol. The zero-order valence-electron chi connectivity index (χ0n) is 10.2. The maximum Gasteiger partial charge on any atom is 0.158 e. The molecule has 2 atom stereocenters. The molecular formula is C14H21OP. The molecule has 0 amide bonds. The standard InChI is InChI=1S/C14H21OP/c1-3-5-9-12(4-2)14(15)16-13-10-7-6-8-11-13/h6-8,10-12,16H,3-5,9H2,1-2H3. The van der Waals surface area contributed by atoms with Gasteiger partial charge in [0, 0.05) is 5.92 Å². The number of unbranched alkanes of at least 4 members (excludes halogenated alkanes) is 1. The molecule has 0 saturated heterocycles. The third-order valence-electron chi connectivity index (χ3n) is 2.81. The van der Waals surface area contributed by atoms with Crippen LogP contribution in [-0.2, 0) is 4.79 Å². The molecule has 0 spiro atoms. The first-order valence-electron chi connectivity index (χ1n) is 6.13. The SMILES string of the molecule is CCCCC(CC)C(=O)Pc1ccccc1. The summed E-state index contributed by atoms with van der Waals surface area (Å²) in [5.41, 5.74) is 0.433. The molecule has 0 heterocycles. The van der Waals surface area contributed by atoms with Gasteiger partial charge in [-0.1, -0.05) is 57.0 Å². The molecule has 2 unspecified atom stereocenters. The molecule has 1 rings (SSSR count). The Labute approximate surface area is 100 Å². The minimum atomic E-state index is 0.276. The normalized spacial score (nSPS) is 13.1. The first-order valence-corrected chi connectivity index (χ1v) is 7.13. The average Bonchev–Trinajstić information content (AvgIpc) is 2.31. The van der Waals surface area contributed by atoms with Crippen LogP contribution in [0.5, 0.6) is 0 Å². The molecule has 0 aliphatic heterocycles. The molecule has 1 aromatic carbocycles. The number of carbonyl (C=O) groups excluding carboxylic acids is 1. The number of hydrogen-bond acceptors (Lipinski definition) is 1. The first kappa shape index (κ1) is 13.4. The van der Waals surface area contributed by atoms with Crippen LogP contribution >= 0.6 is 8.58 Å². The average molecular weight is 236 g/mol. The minimum Gasteiger partial charge on any atom is -0.294 e. The second-order valence-corrected chi connectivity index (χ2v) is 5.42. The van der Waals surface area contributed by atoms with Gasteiger partial charge in [0.05, 0.1) is 0 Å². The Hall–Kier alpha value is -0.680. The van der Waals surface area contributed by atoms with Crippen molar-refractivity contribution in [2.24, 2.45) is 5.92 Å². The smallest absolute Gasteiger partial charge is 0.158 e. The maximum absolute atomic E-state index is 12.1. The van der Waals surface area contributed by atoms with Crippen LogP contribution in [0.1, 0.15) is 39.5 Å². The van der Waals surface area contributed by atoms with E-state index < -0.39 is 0 Å².